The predicted molar refractivity (Wildman–Crippen MR) is 105 cm³/mol. The molecular formula is C17H21FN6O2S. The zero-order chi connectivity index (χ0) is 19.2. The number of hydrogen-bond donors (Lipinski definition) is 4. The van der Waals surface area contributed by atoms with Gasteiger partial charge in [0.1, 0.15) is 17.7 Å². The maximum atomic E-state index is 14.0. The fourth-order valence-electron chi connectivity index (χ4n) is 3.31. The van der Waals surface area contributed by atoms with E-state index in [-0.39, 0.29) is 5.69 Å². The molecule has 1 saturated heterocycles. The highest BCUT2D eigenvalue weighted by molar-refractivity contribution is 8.24. The highest BCUT2D eigenvalue weighted by atomic mass is 32.3. The molecule has 1 fully saturated rings. The van der Waals surface area contributed by atoms with Crippen molar-refractivity contribution in [2.24, 2.45) is 0 Å². The molecule has 1 aliphatic rings. The van der Waals surface area contributed by atoms with Crippen LogP contribution in [-0.4, -0.2) is 53.2 Å². The Bertz CT molecular complexity index is 998. The number of nitrogen functional groups attached to an aromatic ring is 2. The van der Waals surface area contributed by atoms with Crippen LogP contribution in [-0.2, 0) is 6.54 Å². The predicted octanol–water partition coefficient (Wildman–Crippen LogP) is 2.27. The van der Waals surface area contributed by atoms with E-state index >= 15 is 0 Å². The summed E-state index contributed by atoms with van der Waals surface area (Å²) in [4.78, 5) is 6.19. The topological polar surface area (TPSA) is 126 Å². The molecule has 0 saturated carbocycles. The summed E-state index contributed by atoms with van der Waals surface area (Å²) in [5, 5.41) is 4.31. The molecule has 0 bridgehead atoms. The van der Waals surface area contributed by atoms with Crippen molar-refractivity contribution in [2.45, 2.75) is 6.54 Å². The summed E-state index contributed by atoms with van der Waals surface area (Å²) in [5.74, 6) is 0.536. The minimum Gasteiger partial charge on any atom is -0.396 e. The SMILES string of the molecule is Nc1ccc(-c2cc(CN3CCS(O)(O)CC3)n3ncnc(N)c23)cc1F. The van der Waals surface area contributed by atoms with Gasteiger partial charge in [-0.15, -0.1) is 0 Å². The van der Waals surface area contributed by atoms with Crippen LogP contribution in [0.15, 0.2) is 30.6 Å². The largest absolute Gasteiger partial charge is 0.396 e. The molecule has 6 N–H and O–H groups in total. The second kappa shape index (κ2) is 6.64. The van der Waals surface area contributed by atoms with Crippen LogP contribution in [0.5, 0.6) is 0 Å². The summed E-state index contributed by atoms with van der Waals surface area (Å²) < 4.78 is 35.3. The standard InChI is InChI=1S/C17H21FN6O2S/c18-14-7-11(1-2-15(14)19)13-8-12(24-16(13)17(20)21-10-22-24)9-23-3-5-27(25,26)6-4-23/h1-2,7-8,10,25-26H,3-6,9,19H2,(H2,20,21,22). The second-order valence-corrected chi connectivity index (χ2v) is 9.10. The third-order valence-electron chi connectivity index (χ3n) is 4.82. The monoisotopic (exact) mass is 392 g/mol. The summed E-state index contributed by atoms with van der Waals surface area (Å²) in [7, 11) is -2.45. The molecule has 1 aromatic carbocycles. The van der Waals surface area contributed by atoms with Crippen LogP contribution >= 0.6 is 10.6 Å². The summed E-state index contributed by atoms with van der Waals surface area (Å²) >= 11 is 0. The molecule has 0 atom stereocenters. The van der Waals surface area contributed by atoms with Crippen LogP contribution in [0, 0.1) is 5.82 Å². The van der Waals surface area contributed by atoms with Crippen LogP contribution < -0.4 is 11.5 Å². The first-order valence-corrected chi connectivity index (χ1v) is 10.3. The molecule has 1 aliphatic heterocycles. The second-order valence-electron chi connectivity index (χ2n) is 6.68. The van der Waals surface area contributed by atoms with Crippen molar-refractivity contribution in [3.05, 3.63) is 42.1 Å². The first kappa shape index (κ1) is 18.0. The van der Waals surface area contributed by atoms with Crippen molar-refractivity contribution in [2.75, 3.05) is 36.1 Å². The molecule has 4 rings (SSSR count). The Morgan fingerprint density at radius 2 is 1.89 bits per heavy atom. The van der Waals surface area contributed by atoms with Gasteiger partial charge >= 0.3 is 0 Å². The van der Waals surface area contributed by atoms with Gasteiger partial charge in [-0.25, -0.2) is 13.9 Å². The van der Waals surface area contributed by atoms with Crippen LogP contribution in [0.3, 0.4) is 0 Å². The summed E-state index contributed by atoms with van der Waals surface area (Å²) in [6, 6.07) is 6.54. The number of rotatable bonds is 3. The number of aromatic nitrogens is 3. The van der Waals surface area contributed by atoms with Gasteiger partial charge in [-0.3, -0.25) is 14.0 Å². The zero-order valence-electron chi connectivity index (χ0n) is 14.5. The van der Waals surface area contributed by atoms with Gasteiger partial charge in [0.15, 0.2) is 5.82 Å². The molecular weight excluding hydrogens is 371 g/mol. The van der Waals surface area contributed by atoms with Gasteiger partial charge in [-0.1, -0.05) is 6.07 Å². The van der Waals surface area contributed by atoms with E-state index in [9.17, 15) is 13.5 Å². The Morgan fingerprint density at radius 3 is 2.59 bits per heavy atom. The number of hydrogen-bond acceptors (Lipinski definition) is 7. The van der Waals surface area contributed by atoms with Crippen molar-refractivity contribution in [3.63, 3.8) is 0 Å². The minimum atomic E-state index is -2.45. The number of nitrogens with two attached hydrogens (primary N) is 2. The Kier molecular flexibility index (Phi) is 4.42. The first-order valence-electron chi connectivity index (χ1n) is 8.46. The average Bonchev–Trinajstić information content (AvgIpc) is 2.99. The van der Waals surface area contributed by atoms with Crippen LogP contribution in [0.25, 0.3) is 16.6 Å². The molecule has 0 aliphatic carbocycles. The lowest BCUT2D eigenvalue weighted by Crippen LogP contribution is -2.38. The van der Waals surface area contributed by atoms with E-state index in [2.05, 4.69) is 15.0 Å². The van der Waals surface area contributed by atoms with Crippen LogP contribution in [0.1, 0.15) is 5.69 Å². The Labute approximate surface area is 157 Å². The maximum absolute atomic E-state index is 14.0. The van der Waals surface area contributed by atoms with Gasteiger partial charge in [-0.2, -0.15) is 15.7 Å². The highest BCUT2D eigenvalue weighted by Gasteiger charge is 2.24. The molecule has 144 valence electrons. The molecule has 0 spiro atoms. The number of fused-ring (bicyclic) bond motifs is 1. The Balaban J connectivity index is 1.74. The van der Waals surface area contributed by atoms with Gasteiger partial charge in [0.25, 0.3) is 0 Å². The van der Waals surface area contributed by atoms with Crippen LogP contribution in [0.4, 0.5) is 15.9 Å². The van der Waals surface area contributed by atoms with E-state index in [0.29, 0.717) is 48.0 Å². The molecule has 3 aromatic rings. The Morgan fingerprint density at radius 1 is 1.15 bits per heavy atom. The van der Waals surface area contributed by atoms with E-state index in [1.165, 1.54) is 18.5 Å². The van der Waals surface area contributed by atoms with Crippen molar-refractivity contribution in [1.82, 2.24) is 19.5 Å². The fourth-order valence-corrected chi connectivity index (χ4v) is 4.62. The molecule has 3 heterocycles. The lowest BCUT2D eigenvalue weighted by molar-refractivity contribution is 0.273. The molecule has 0 amide bonds. The zero-order valence-corrected chi connectivity index (χ0v) is 15.4. The average molecular weight is 392 g/mol. The fraction of sp³-hybridized carbons (Fsp3) is 0.294. The van der Waals surface area contributed by atoms with E-state index in [1.54, 1.807) is 10.6 Å². The Hall–Kier alpha value is -2.40. The van der Waals surface area contributed by atoms with Gasteiger partial charge < -0.3 is 11.5 Å². The quantitative estimate of drug-likeness (QED) is 0.504. The van der Waals surface area contributed by atoms with Gasteiger partial charge in [0.2, 0.25) is 0 Å². The van der Waals surface area contributed by atoms with E-state index < -0.39 is 16.4 Å². The van der Waals surface area contributed by atoms with E-state index in [4.69, 9.17) is 11.5 Å². The first-order chi connectivity index (χ1) is 12.8. The summed E-state index contributed by atoms with van der Waals surface area (Å²) in [6.07, 6.45) is 1.38. The smallest absolute Gasteiger partial charge is 0.151 e. The normalized spacial score (nSPS) is 18.6. The van der Waals surface area contributed by atoms with Crippen molar-refractivity contribution in [1.29, 1.82) is 0 Å². The summed E-state index contributed by atoms with van der Waals surface area (Å²) in [5.41, 5.74) is 14.6. The number of anilines is 2. The van der Waals surface area contributed by atoms with Gasteiger partial charge in [-0.05, 0) is 23.8 Å². The highest BCUT2D eigenvalue weighted by Crippen LogP contribution is 2.40. The summed E-state index contributed by atoms with van der Waals surface area (Å²) in [6.45, 7) is 1.73. The van der Waals surface area contributed by atoms with Gasteiger partial charge in [0, 0.05) is 25.2 Å². The number of nitrogens with zero attached hydrogens (tertiary/aromatic N) is 4. The lowest BCUT2D eigenvalue weighted by Gasteiger charge is -2.40. The molecule has 0 radical (unpaired) electrons. The molecule has 27 heavy (non-hydrogen) atoms. The van der Waals surface area contributed by atoms with Crippen molar-refractivity contribution in [3.8, 4) is 11.1 Å². The molecule has 8 nitrogen and oxygen atoms in total. The number of benzene rings is 1. The number of halogens is 1. The van der Waals surface area contributed by atoms with Gasteiger partial charge in [0.05, 0.1) is 22.9 Å². The minimum absolute atomic E-state index is 0.0824. The maximum Gasteiger partial charge on any atom is 0.151 e. The lowest BCUT2D eigenvalue weighted by atomic mass is 10.1. The molecule has 0 unspecified atom stereocenters. The van der Waals surface area contributed by atoms with Crippen LogP contribution in [0.2, 0.25) is 0 Å². The molecule has 10 heteroatoms. The van der Waals surface area contributed by atoms with E-state index in [1.807, 2.05) is 6.07 Å². The van der Waals surface area contributed by atoms with E-state index in [0.717, 1.165) is 11.3 Å². The van der Waals surface area contributed by atoms with Crippen molar-refractivity contribution < 1.29 is 13.5 Å². The van der Waals surface area contributed by atoms with Crippen molar-refractivity contribution >= 4 is 27.6 Å². The third kappa shape index (κ3) is 3.44. The molecule has 2 aromatic heterocycles. The third-order valence-corrected chi connectivity index (χ3v) is 6.50.